The van der Waals surface area contributed by atoms with Gasteiger partial charge in [0.1, 0.15) is 6.10 Å². The molecule has 0 aromatic carbocycles. The zero-order valence-electron chi connectivity index (χ0n) is 12.0. The van der Waals surface area contributed by atoms with E-state index < -0.39 is 0 Å². The minimum atomic E-state index is -0.0718. The molecule has 0 saturated heterocycles. The molecule has 0 aliphatic carbocycles. The van der Waals surface area contributed by atoms with Gasteiger partial charge in [-0.05, 0) is 11.8 Å². The third-order valence-electron chi connectivity index (χ3n) is 2.86. The maximum absolute atomic E-state index is 5.57. The standard InChI is InChI=1S/C14H23BrN2O/c1-6-7-11-10(8-15)9-16-13(17-11)12(18-5)14(2,3)4/h9,12H,6-8H2,1-5H3. The molecule has 0 amide bonds. The lowest BCUT2D eigenvalue weighted by Gasteiger charge is -2.28. The molecule has 0 aliphatic heterocycles. The zero-order chi connectivity index (χ0) is 13.8. The summed E-state index contributed by atoms with van der Waals surface area (Å²) in [5.41, 5.74) is 2.30. The van der Waals surface area contributed by atoms with Crippen LogP contribution in [0.1, 0.15) is 57.3 Å². The second-order valence-corrected chi connectivity index (χ2v) is 6.13. The predicted molar refractivity (Wildman–Crippen MR) is 77.9 cm³/mol. The molecule has 1 heterocycles. The molecule has 0 bridgehead atoms. The first-order valence-electron chi connectivity index (χ1n) is 6.37. The average Bonchev–Trinajstić information content (AvgIpc) is 2.29. The Bertz CT molecular complexity index is 388. The molecule has 0 saturated carbocycles. The van der Waals surface area contributed by atoms with Crippen molar-refractivity contribution in [3.63, 3.8) is 0 Å². The maximum Gasteiger partial charge on any atom is 0.157 e. The lowest BCUT2D eigenvalue weighted by molar-refractivity contribution is 0.00847. The normalized spacial score (nSPS) is 13.7. The van der Waals surface area contributed by atoms with Crippen molar-refractivity contribution in [3.8, 4) is 0 Å². The fourth-order valence-corrected chi connectivity index (χ4v) is 2.46. The lowest BCUT2D eigenvalue weighted by Crippen LogP contribution is -2.23. The number of aromatic nitrogens is 2. The average molecular weight is 315 g/mol. The van der Waals surface area contributed by atoms with Crippen molar-refractivity contribution in [1.29, 1.82) is 0 Å². The van der Waals surface area contributed by atoms with Gasteiger partial charge in [0.15, 0.2) is 5.82 Å². The van der Waals surface area contributed by atoms with Crippen molar-refractivity contribution in [1.82, 2.24) is 9.97 Å². The Kier molecular flexibility index (Phi) is 5.73. The number of aryl methyl sites for hydroxylation is 1. The van der Waals surface area contributed by atoms with E-state index in [1.165, 1.54) is 5.56 Å². The molecule has 0 N–H and O–H groups in total. The highest BCUT2D eigenvalue weighted by molar-refractivity contribution is 9.08. The molecule has 3 nitrogen and oxygen atoms in total. The van der Waals surface area contributed by atoms with Crippen LogP contribution in [0, 0.1) is 5.41 Å². The van der Waals surface area contributed by atoms with Crippen LogP contribution in [0.25, 0.3) is 0 Å². The fourth-order valence-electron chi connectivity index (χ4n) is 1.99. The summed E-state index contributed by atoms with van der Waals surface area (Å²) in [4.78, 5) is 9.17. The Morgan fingerprint density at radius 3 is 2.50 bits per heavy atom. The van der Waals surface area contributed by atoms with Crippen molar-refractivity contribution in [2.75, 3.05) is 7.11 Å². The molecule has 102 valence electrons. The molecule has 0 spiro atoms. The number of ether oxygens (including phenoxy) is 1. The number of alkyl halides is 1. The first kappa shape index (κ1) is 15.6. The number of rotatable bonds is 5. The number of methoxy groups -OCH3 is 1. The van der Waals surface area contributed by atoms with E-state index in [-0.39, 0.29) is 11.5 Å². The van der Waals surface area contributed by atoms with Gasteiger partial charge in [0.2, 0.25) is 0 Å². The highest BCUT2D eigenvalue weighted by Gasteiger charge is 2.29. The van der Waals surface area contributed by atoms with E-state index in [9.17, 15) is 0 Å². The summed E-state index contributed by atoms with van der Waals surface area (Å²) in [5.74, 6) is 0.790. The first-order valence-corrected chi connectivity index (χ1v) is 7.49. The van der Waals surface area contributed by atoms with Crippen LogP contribution in [0.2, 0.25) is 0 Å². The van der Waals surface area contributed by atoms with Crippen molar-refractivity contribution < 1.29 is 4.74 Å². The smallest absolute Gasteiger partial charge is 0.157 e. The third-order valence-corrected chi connectivity index (χ3v) is 3.46. The topological polar surface area (TPSA) is 35.0 Å². The van der Waals surface area contributed by atoms with Crippen LogP contribution >= 0.6 is 15.9 Å². The molecule has 0 fully saturated rings. The van der Waals surface area contributed by atoms with E-state index >= 15 is 0 Å². The van der Waals surface area contributed by atoms with E-state index in [1.807, 2.05) is 6.20 Å². The van der Waals surface area contributed by atoms with Crippen LogP contribution in [0.3, 0.4) is 0 Å². The minimum Gasteiger partial charge on any atom is -0.373 e. The van der Waals surface area contributed by atoms with Gasteiger partial charge in [-0.15, -0.1) is 0 Å². The number of hydrogen-bond donors (Lipinski definition) is 0. The summed E-state index contributed by atoms with van der Waals surface area (Å²) in [6, 6.07) is 0. The van der Waals surface area contributed by atoms with Gasteiger partial charge >= 0.3 is 0 Å². The highest BCUT2D eigenvalue weighted by atomic mass is 79.9. The Hall–Kier alpha value is -0.480. The van der Waals surface area contributed by atoms with Gasteiger partial charge in [-0.25, -0.2) is 9.97 Å². The number of halogens is 1. The predicted octanol–water partition coefficient (Wildman–Crippen LogP) is 4.06. The van der Waals surface area contributed by atoms with Gasteiger partial charge in [0, 0.05) is 29.9 Å². The summed E-state index contributed by atoms with van der Waals surface area (Å²) < 4.78 is 5.57. The van der Waals surface area contributed by atoms with Crippen LogP contribution in [0.5, 0.6) is 0 Å². The quantitative estimate of drug-likeness (QED) is 0.769. The monoisotopic (exact) mass is 314 g/mol. The van der Waals surface area contributed by atoms with Gasteiger partial charge in [-0.3, -0.25) is 0 Å². The SMILES string of the molecule is CCCc1nc(C(OC)C(C)(C)C)ncc1CBr. The second kappa shape index (κ2) is 6.62. The summed E-state index contributed by atoms with van der Waals surface area (Å²) in [6.45, 7) is 8.59. The molecular formula is C14H23BrN2O. The molecule has 4 heteroatoms. The second-order valence-electron chi connectivity index (χ2n) is 5.57. The van der Waals surface area contributed by atoms with Crippen LogP contribution in [0.15, 0.2) is 6.20 Å². The van der Waals surface area contributed by atoms with E-state index in [1.54, 1.807) is 7.11 Å². The molecule has 1 aromatic rings. The van der Waals surface area contributed by atoms with Gasteiger partial charge < -0.3 is 4.74 Å². The molecule has 18 heavy (non-hydrogen) atoms. The van der Waals surface area contributed by atoms with Crippen LogP contribution < -0.4 is 0 Å². The highest BCUT2D eigenvalue weighted by Crippen LogP contribution is 2.33. The maximum atomic E-state index is 5.57. The van der Waals surface area contributed by atoms with Crippen LogP contribution in [-0.2, 0) is 16.5 Å². The molecule has 0 radical (unpaired) electrons. The van der Waals surface area contributed by atoms with Gasteiger partial charge in [-0.1, -0.05) is 50.0 Å². The van der Waals surface area contributed by atoms with Crippen molar-refractivity contribution >= 4 is 15.9 Å². The molecule has 1 rings (SSSR count). The first-order chi connectivity index (χ1) is 8.43. The van der Waals surface area contributed by atoms with Crippen LogP contribution in [0.4, 0.5) is 0 Å². The molecule has 1 unspecified atom stereocenters. The van der Waals surface area contributed by atoms with Gasteiger partial charge in [0.25, 0.3) is 0 Å². The summed E-state index contributed by atoms with van der Waals surface area (Å²) >= 11 is 3.49. The Labute approximate surface area is 119 Å². The minimum absolute atomic E-state index is 0.00580. The van der Waals surface area contributed by atoms with Gasteiger partial charge in [0.05, 0.1) is 0 Å². The molecule has 0 aliphatic rings. The Morgan fingerprint density at radius 2 is 2.06 bits per heavy atom. The van der Waals surface area contributed by atoms with E-state index in [0.29, 0.717) is 0 Å². The Balaban J connectivity index is 3.13. The van der Waals surface area contributed by atoms with Crippen molar-refractivity contribution in [2.24, 2.45) is 5.41 Å². The number of hydrogen-bond acceptors (Lipinski definition) is 3. The molecule has 1 aromatic heterocycles. The van der Waals surface area contributed by atoms with Crippen molar-refractivity contribution in [3.05, 3.63) is 23.3 Å². The van der Waals surface area contributed by atoms with E-state index in [2.05, 4.69) is 48.6 Å². The Morgan fingerprint density at radius 1 is 1.39 bits per heavy atom. The fraction of sp³-hybridized carbons (Fsp3) is 0.714. The van der Waals surface area contributed by atoms with Crippen LogP contribution in [-0.4, -0.2) is 17.1 Å². The molecule has 1 atom stereocenters. The van der Waals surface area contributed by atoms with Gasteiger partial charge in [-0.2, -0.15) is 0 Å². The number of nitrogens with zero attached hydrogens (tertiary/aromatic N) is 2. The largest absolute Gasteiger partial charge is 0.373 e. The summed E-state index contributed by atoms with van der Waals surface area (Å²) in [6.07, 6.45) is 3.91. The van der Waals surface area contributed by atoms with Crippen molar-refractivity contribution in [2.45, 2.75) is 52.0 Å². The zero-order valence-corrected chi connectivity index (χ0v) is 13.5. The van der Waals surface area contributed by atoms with E-state index in [4.69, 9.17) is 9.72 Å². The molecular weight excluding hydrogens is 292 g/mol. The lowest BCUT2D eigenvalue weighted by atomic mass is 9.88. The summed E-state index contributed by atoms with van der Waals surface area (Å²) in [7, 11) is 1.72. The van der Waals surface area contributed by atoms with E-state index in [0.717, 1.165) is 29.7 Å². The third kappa shape index (κ3) is 3.75. The summed E-state index contributed by atoms with van der Waals surface area (Å²) in [5, 5.41) is 0.801.